The maximum absolute atomic E-state index is 13.2. The Morgan fingerprint density at radius 2 is 2.00 bits per heavy atom. The van der Waals surface area contributed by atoms with Gasteiger partial charge in [-0.3, -0.25) is 0 Å². The van der Waals surface area contributed by atoms with Crippen molar-refractivity contribution in [1.29, 1.82) is 5.26 Å². The third kappa shape index (κ3) is 2.36. The summed E-state index contributed by atoms with van der Waals surface area (Å²) in [6.07, 6.45) is 0. The number of nitrogens with one attached hydrogen (secondary N) is 1. The second-order valence-corrected chi connectivity index (χ2v) is 4.33. The van der Waals surface area contributed by atoms with E-state index >= 15 is 0 Å². The van der Waals surface area contributed by atoms with Gasteiger partial charge in [-0.05, 0) is 35.9 Å². The topological polar surface area (TPSA) is 54.3 Å². The molecule has 0 saturated carbocycles. The number of ether oxygens (including phenoxy) is 2. The van der Waals surface area contributed by atoms with Crippen LogP contribution in [-0.4, -0.2) is 6.79 Å². The molecule has 0 spiro atoms. The summed E-state index contributed by atoms with van der Waals surface area (Å²) < 4.78 is 23.7. The highest BCUT2D eigenvalue weighted by molar-refractivity contribution is 5.56. The Morgan fingerprint density at radius 1 is 1.15 bits per heavy atom. The lowest BCUT2D eigenvalue weighted by Crippen LogP contribution is -2.02. The minimum absolute atomic E-state index is 0.223. The maximum Gasteiger partial charge on any atom is 0.231 e. The number of hydrogen-bond donors (Lipinski definition) is 1. The van der Waals surface area contributed by atoms with Crippen LogP contribution >= 0.6 is 0 Å². The smallest absolute Gasteiger partial charge is 0.231 e. The predicted molar refractivity (Wildman–Crippen MR) is 71.0 cm³/mol. The summed E-state index contributed by atoms with van der Waals surface area (Å²) in [4.78, 5) is 0. The van der Waals surface area contributed by atoms with E-state index in [0.717, 1.165) is 5.69 Å². The zero-order valence-corrected chi connectivity index (χ0v) is 10.5. The molecular weight excluding hydrogens is 259 g/mol. The molecule has 0 amide bonds. The average Bonchev–Trinajstić information content (AvgIpc) is 2.92. The fourth-order valence-corrected chi connectivity index (χ4v) is 2.02. The number of nitrogens with zero attached hydrogens (tertiary/aromatic N) is 1. The molecule has 0 aromatic heterocycles. The van der Waals surface area contributed by atoms with E-state index in [1.54, 1.807) is 6.07 Å². The summed E-state index contributed by atoms with van der Waals surface area (Å²) in [5.41, 5.74) is 1.90. The molecule has 4 nitrogen and oxygen atoms in total. The zero-order valence-electron chi connectivity index (χ0n) is 10.5. The van der Waals surface area contributed by atoms with Crippen molar-refractivity contribution in [3.05, 3.63) is 53.3 Å². The van der Waals surface area contributed by atoms with Gasteiger partial charge < -0.3 is 14.8 Å². The summed E-state index contributed by atoms with van der Waals surface area (Å²) in [7, 11) is 0. The minimum Gasteiger partial charge on any atom is -0.454 e. The van der Waals surface area contributed by atoms with Crippen molar-refractivity contribution < 1.29 is 13.9 Å². The van der Waals surface area contributed by atoms with E-state index in [0.29, 0.717) is 29.2 Å². The minimum atomic E-state index is -0.355. The van der Waals surface area contributed by atoms with Crippen molar-refractivity contribution in [2.45, 2.75) is 6.54 Å². The van der Waals surface area contributed by atoms with Gasteiger partial charge in [-0.2, -0.15) is 5.26 Å². The Kier molecular flexibility index (Phi) is 3.13. The average molecular weight is 270 g/mol. The molecule has 0 atom stereocenters. The van der Waals surface area contributed by atoms with E-state index in [2.05, 4.69) is 5.32 Å². The van der Waals surface area contributed by atoms with Gasteiger partial charge in [-0.15, -0.1) is 0 Å². The molecule has 0 unspecified atom stereocenters. The van der Waals surface area contributed by atoms with Crippen LogP contribution in [0.1, 0.15) is 11.1 Å². The molecule has 2 aromatic carbocycles. The van der Waals surface area contributed by atoms with Gasteiger partial charge in [0.1, 0.15) is 5.82 Å². The van der Waals surface area contributed by atoms with Crippen LogP contribution in [0, 0.1) is 17.1 Å². The van der Waals surface area contributed by atoms with Crippen LogP contribution in [0.15, 0.2) is 36.4 Å². The van der Waals surface area contributed by atoms with Gasteiger partial charge in [0, 0.05) is 18.3 Å². The monoisotopic (exact) mass is 270 g/mol. The highest BCUT2D eigenvalue weighted by Crippen LogP contribution is 2.34. The van der Waals surface area contributed by atoms with Crippen molar-refractivity contribution in [3.8, 4) is 17.6 Å². The molecule has 1 aliphatic heterocycles. The molecule has 0 radical (unpaired) electrons. The van der Waals surface area contributed by atoms with Gasteiger partial charge in [0.05, 0.1) is 11.6 Å². The van der Waals surface area contributed by atoms with Crippen LogP contribution in [0.25, 0.3) is 0 Å². The molecule has 3 rings (SSSR count). The van der Waals surface area contributed by atoms with Crippen LogP contribution in [0.2, 0.25) is 0 Å². The quantitative estimate of drug-likeness (QED) is 0.931. The number of fused-ring (bicyclic) bond motifs is 1. The summed E-state index contributed by atoms with van der Waals surface area (Å²) >= 11 is 0. The van der Waals surface area contributed by atoms with E-state index in [9.17, 15) is 4.39 Å². The van der Waals surface area contributed by atoms with Gasteiger partial charge in [0.2, 0.25) is 6.79 Å². The van der Waals surface area contributed by atoms with Gasteiger partial charge in [-0.1, -0.05) is 0 Å². The molecule has 100 valence electrons. The van der Waals surface area contributed by atoms with E-state index in [4.69, 9.17) is 14.7 Å². The van der Waals surface area contributed by atoms with Crippen molar-refractivity contribution in [2.75, 3.05) is 12.1 Å². The van der Waals surface area contributed by atoms with Crippen molar-refractivity contribution in [1.82, 2.24) is 0 Å². The number of hydrogen-bond acceptors (Lipinski definition) is 4. The molecule has 2 aromatic rings. The number of nitriles is 1. The maximum atomic E-state index is 13.2. The van der Waals surface area contributed by atoms with Crippen molar-refractivity contribution in [3.63, 3.8) is 0 Å². The highest BCUT2D eigenvalue weighted by Gasteiger charge is 2.13. The summed E-state index contributed by atoms with van der Waals surface area (Å²) in [6.45, 7) is 0.585. The second-order valence-electron chi connectivity index (χ2n) is 4.33. The standard InChI is InChI=1S/C15H11FN2O2/c16-12-2-1-10(7-17)11(5-12)8-18-13-3-4-14-15(6-13)20-9-19-14/h1-6,18H,8-9H2. The summed E-state index contributed by atoms with van der Waals surface area (Å²) in [5.74, 6) is 1.03. The Hall–Kier alpha value is -2.74. The van der Waals surface area contributed by atoms with E-state index in [1.807, 2.05) is 18.2 Å². The van der Waals surface area contributed by atoms with Crippen LogP contribution in [0.5, 0.6) is 11.5 Å². The fraction of sp³-hybridized carbons (Fsp3) is 0.133. The molecular formula is C15H11FN2O2. The van der Waals surface area contributed by atoms with Crippen molar-refractivity contribution in [2.24, 2.45) is 0 Å². The highest BCUT2D eigenvalue weighted by atomic mass is 19.1. The SMILES string of the molecule is N#Cc1ccc(F)cc1CNc1ccc2c(c1)OCO2. The lowest BCUT2D eigenvalue weighted by atomic mass is 10.1. The second kappa shape index (κ2) is 5.10. The van der Waals surface area contributed by atoms with Gasteiger partial charge >= 0.3 is 0 Å². The van der Waals surface area contributed by atoms with Crippen LogP contribution in [0.3, 0.4) is 0 Å². The molecule has 20 heavy (non-hydrogen) atoms. The van der Waals surface area contributed by atoms with E-state index < -0.39 is 0 Å². The first kappa shape index (κ1) is 12.3. The van der Waals surface area contributed by atoms with Gasteiger partial charge in [0.15, 0.2) is 11.5 Å². The van der Waals surface area contributed by atoms with Crippen LogP contribution in [-0.2, 0) is 6.54 Å². The van der Waals surface area contributed by atoms with E-state index in [-0.39, 0.29) is 12.6 Å². The lowest BCUT2D eigenvalue weighted by Gasteiger charge is -2.09. The molecule has 0 fully saturated rings. The molecule has 0 aliphatic carbocycles. The Labute approximate surface area is 115 Å². The molecule has 1 aliphatic rings. The van der Waals surface area contributed by atoms with Crippen LogP contribution < -0.4 is 14.8 Å². The third-order valence-electron chi connectivity index (χ3n) is 3.04. The first-order valence-electron chi connectivity index (χ1n) is 6.08. The molecule has 5 heteroatoms. The van der Waals surface area contributed by atoms with Crippen molar-refractivity contribution >= 4 is 5.69 Å². The van der Waals surface area contributed by atoms with Crippen LogP contribution in [0.4, 0.5) is 10.1 Å². The fourth-order valence-electron chi connectivity index (χ4n) is 2.02. The predicted octanol–water partition coefficient (Wildman–Crippen LogP) is 3.04. The van der Waals surface area contributed by atoms with E-state index in [1.165, 1.54) is 18.2 Å². The molecule has 1 N–H and O–H groups in total. The first-order chi connectivity index (χ1) is 9.76. The first-order valence-corrected chi connectivity index (χ1v) is 6.08. The third-order valence-corrected chi connectivity index (χ3v) is 3.04. The molecule has 0 saturated heterocycles. The lowest BCUT2D eigenvalue weighted by molar-refractivity contribution is 0.174. The number of rotatable bonds is 3. The Balaban J connectivity index is 1.77. The summed E-state index contributed by atoms with van der Waals surface area (Å²) in [5, 5.41) is 12.1. The normalized spacial score (nSPS) is 12.0. The summed E-state index contributed by atoms with van der Waals surface area (Å²) in [6, 6.07) is 11.6. The largest absolute Gasteiger partial charge is 0.454 e. The zero-order chi connectivity index (χ0) is 13.9. The Morgan fingerprint density at radius 3 is 2.85 bits per heavy atom. The number of halogens is 1. The molecule has 0 bridgehead atoms. The number of benzene rings is 2. The van der Waals surface area contributed by atoms with Gasteiger partial charge in [-0.25, -0.2) is 4.39 Å². The Bertz CT molecular complexity index is 695. The van der Waals surface area contributed by atoms with Gasteiger partial charge in [0.25, 0.3) is 0 Å². The molecule has 1 heterocycles. The number of anilines is 1.